The van der Waals surface area contributed by atoms with Crippen LogP contribution in [0.25, 0.3) is 0 Å². The molecule has 3 N–H and O–H groups in total. The second-order valence-electron chi connectivity index (χ2n) is 5.29. The smallest absolute Gasteiger partial charge is 0.265 e. The highest BCUT2D eigenvalue weighted by atomic mass is 32.1. The van der Waals surface area contributed by atoms with Gasteiger partial charge in [0.1, 0.15) is 10.7 Å². The van der Waals surface area contributed by atoms with E-state index in [0.717, 1.165) is 18.1 Å². The Balaban J connectivity index is 2.43. The quantitative estimate of drug-likeness (QED) is 0.741. The summed E-state index contributed by atoms with van der Waals surface area (Å²) in [6, 6.07) is 0.519. The van der Waals surface area contributed by atoms with Crippen molar-refractivity contribution in [1.82, 2.24) is 15.2 Å². The Kier molecular flexibility index (Phi) is 6.22. The molecule has 0 saturated heterocycles. The lowest BCUT2D eigenvalue weighted by Crippen LogP contribution is -2.31. The molecule has 0 aliphatic heterocycles. The predicted molar refractivity (Wildman–Crippen MR) is 85.6 cm³/mol. The Morgan fingerprint density at radius 2 is 2.05 bits per heavy atom. The number of nitrogens with zero attached hydrogens (tertiary/aromatic N) is 3. The molecule has 0 atom stereocenters. The molecule has 0 radical (unpaired) electrons. The number of aromatic nitrogens is 1. The van der Waals surface area contributed by atoms with Crippen LogP contribution in [0.4, 0.5) is 10.9 Å². The van der Waals surface area contributed by atoms with Crippen molar-refractivity contribution in [1.29, 1.82) is 0 Å². The van der Waals surface area contributed by atoms with Gasteiger partial charge in [-0.1, -0.05) is 11.3 Å². The van der Waals surface area contributed by atoms with E-state index in [1.807, 2.05) is 19.0 Å². The summed E-state index contributed by atoms with van der Waals surface area (Å²) < 4.78 is 0. The van der Waals surface area contributed by atoms with Crippen molar-refractivity contribution in [2.75, 3.05) is 44.9 Å². The minimum Gasteiger partial charge on any atom is -0.382 e. The van der Waals surface area contributed by atoms with Gasteiger partial charge < -0.3 is 20.9 Å². The van der Waals surface area contributed by atoms with Gasteiger partial charge in [0.25, 0.3) is 5.91 Å². The summed E-state index contributed by atoms with van der Waals surface area (Å²) in [5.74, 6) is 0.163. The maximum atomic E-state index is 12.0. The first-order valence-corrected chi connectivity index (χ1v) is 7.56. The number of nitrogens with one attached hydrogen (secondary N) is 1. The zero-order chi connectivity index (χ0) is 15.3. The summed E-state index contributed by atoms with van der Waals surface area (Å²) in [6.07, 6.45) is 0.916. The average Bonchev–Trinajstić information content (AvgIpc) is 2.76. The predicted octanol–water partition coefficient (Wildman–Crippen LogP) is 1.25. The highest BCUT2D eigenvalue weighted by Crippen LogP contribution is 2.26. The van der Waals surface area contributed by atoms with Crippen LogP contribution in [-0.4, -0.2) is 56.1 Å². The lowest BCUT2D eigenvalue weighted by atomic mass is 10.3. The van der Waals surface area contributed by atoms with Crippen LogP contribution < -0.4 is 16.0 Å². The van der Waals surface area contributed by atoms with Gasteiger partial charge in [-0.3, -0.25) is 4.79 Å². The molecule has 1 rings (SSSR count). The van der Waals surface area contributed by atoms with E-state index >= 15 is 0 Å². The maximum Gasteiger partial charge on any atom is 0.265 e. The van der Waals surface area contributed by atoms with Gasteiger partial charge in [0.15, 0.2) is 5.13 Å². The zero-order valence-corrected chi connectivity index (χ0v) is 13.8. The molecular weight excluding hydrogens is 274 g/mol. The number of thiazole rings is 1. The Labute approximate surface area is 125 Å². The fraction of sp³-hybridized carbons (Fsp3) is 0.692. The highest BCUT2D eigenvalue weighted by molar-refractivity contribution is 7.18. The molecule has 114 valence electrons. The molecule has 1 aromatic heterocycles. The van der Waals surface area contributed by atoms with E-state index in [9.17, 15) is 4.79 Å². The summed E-state index contributed by atoms with van der Waals surface area (Å²) >= 11 is 1.31. The molecule has 20 heavy (non-hydrogen) atoms. The third-order valence-electron chi connectivity index (χ3n) is 3.09. The van der Waals surface area contributed by atoms with Crippen molar-refractivity contribution in [2.24, 2.45) is 0 Å². The topological polar surface area (TPSA) is 74.5 Å². The maximum absolute atomic E-state index is 12.0. The van der Waals surface area contributed by atoms with Crippen LogP contribution in [0.5, 0.6) is 0 Å². The molecule has 0 aliphatic carbocycles. The summed E-state index contributed by atoms with van der Waals surface area (Å²) in [5, 5.41) is 3.64. The Morgan fingerprint density at radius 1 is 1.40 bits per heavy atom. The first kappa shape index (κ1) is 16.7. The van der Waals surface area contributed by atoms with Crippen LogP contribution in [-0.2, 0) is 0 Å². The Hall–Kier alpha value is -1.34. The van der Waals surface area contributed by atoms with Gasteiger partial charge in [-0.05, 0) is 33.9 Å². The number of amides is 1. The van der Waals surface area contributed by atoms with Gasteiger partial charge in [0, 0.05) is 26.7 Å². The number of anilines is 2. The van der Waals surface area contributed by atoms with E-state index in [-0.39, 0.29) is 5.91 Å². The van der Waals surface area contributed by atoms with Crippen LogP contribution in [0.1, 0.15) is 29.9 Å². The minimum atomic E-state index is -0.139. The van der Waals surface area contributed by atoms with Gasteiger partial charge in [-0.15, -0.1) is 0 Å². The number of hydrogen-bond donors (Lipinski definition) is 2. The third-order valence-corrected chi connectivity index (χ3v) is 4.32. The summed E-state index contributed by atoms with van der Waals surface area (Å²) in [7, 11) is 5.83. The van der Waals surface area contributed by atoms with Crippen molar-refractivity contribution in [3.8, 4) is 0 Å². The van der Waals surface area contributed by atoms with Gasteiger partial charge in [0.05, 0.1) is 0 Å². The van der Waals surface area contributed by atoms with E-state index in [4.69, 9.17) is 5.73 Å². The van der Waals surface area contributed by atoms with Crippen molar-refractivity contribution in [2.45, 2.75) is 26.3 Å². The zero-order valence-electron chi connectivity index (χ0n) is 12.9. The normalized spacial score (nSPS) is 11.2. The first-order valence-electron chi connectivity index (χ1n) is 6.75. The van der Waals surface area contributed by atoms with Crippen molar-refractivity contribution >= 4 is 28.2 Å². The molecule has 0 spiro atoms. The van der Waals surface area contributed by atoms with Crippen molar-refractivity contribution in [3.63, 3.8) is 0 Å². The second kappa shape index (κ2) is 7.44. The van der Waals surface area contributed by atoms with Crippen molar-refractivity contribution in [3.05, 3.63) is 4.88 Å². The van der Waals surface area contributed by atoms with E-state index in [1.165, 1.54) is 11.3 Å². The van der Waals surface area contributed by atoms with Gasteiger partial charge in [0.2, 0.25) is 0 Å². The lowest BCUT2D eigenvalue weighted by molar-refractivity contribution is 0.0956. The van der Waals surface area contributed by atoms with Crippen LogP contribution in [0.15, 0.2) is 0 Å². The Morgan fingerprint density at radius 3 is 2.55 bits per heavy atom. The summed E-state index contributed by atoms with van der Waals surface area (Å²) in [5.41, 5.74) is 5.78. The summed E-state index contributed by atoms with van der Waals surface area (Å²) in [6.45, 7) is 5.91. The van der Waals surface area contributed by atoms with Crippen LogP contribution in [0.3, 0.4) is 0 Å². The number of rotatable bonds is 7. The first-order chi connectivity index (χ1) is 9.32. The fourth-order valence-electron chi connectivity index (χ4n) is 1.54. The lowest BCUT2D eigenvalue weighted by Gasteiger charge is -2.20. The number of hydrogen-bond acceptors (Lipinski definition) is 6. The molecule has 0 saturated carbocycles. The SMILES string of the molecule is CC(C)N(C)CCCNC(=O)c1sc(N(C)C)nc1N. The van der Waals surface area contributed by atoms with Gasteiger partial charge in [-0.25, -0.2) is 4.98 Å². The molecule has 0 bridgehead atoms. The average molecular weight is 299 g/mol. The Bertz CT molecular complexity index is 444. The molecule has 1 amide bonds. The number of carbonyl (C=O) groups is 1. The molecule has 0 aromatic carbocycles. The number of carbonyl (C=O) groups excluding carboxylic acids is 1. The number of nitrogen functional groups attached to an aromatic ring is 1. The third kappa shape index (κ3) is 4.64. The van der Waals surface area contributed by atoms with E-state index in [2.05, 4.69) is 36.1 Å². The largest absolute Gasteiger partial charge is 0.382 e. The number of nitrogens with two attached hydrogens (primary N) is 1. The fourth-order valence-corrected chi connectivity index (χ4v) is 2.37. The van der Waals surface area contributed by atoms with Crippen molar-refractivity contribution < 1.29 is 4.79 Å². The van der Waals surface area contributed by atoms with Gasteiger partial charge >= 0.3 is 0 Å². The van der Waals surface area contributed by atoms with Gasteiger partial charge in [-0.2, -0.15) is 0 Å². The molecule has 1 heterocycles. The molecular formula is C13H25N5OS. The molecule has 0 unspecified atom stereocenters. The van der Waals surface area contributed by atoms with E-state index < -0.39 is 0 Å². The standard InChI is InChI=1S/C13H25N5OS/c1-9(2)18(5)8-6-7-15-12(19)10-11(14)16-13(20-10)17(3)4/h9H,6-8,14H2,1-5H3,(H,15,19). The molecule has 1 aromatic rings. The monoisotopic (exact) mass is 299 g/mol. The molecule has 0 aliphatic rings. The van der Waals surface area contributed by atoms with E-state index in [0.29, 0.717) is 23.3 Å². The second-order valence-corrected chi connectivity index (χ2v) is 6.27. The van der Waals surface area contributed by atoms with E-state index in [1.54, 1.807) is 0 Å². The molecule has 6 nitrogen and oxygen atoms in total. The summed E-state index contributed by atoms with van der Waals surface area (Å²) in [4.78, 5) is 20.8. The van der Waals surface area contributed by atoms with Crippen LogP contribution >= 0.6 is 11.3 Å². The minimum absolute atomic E-state index is 0.139. The molecule has 0 fully saturated rings. The molecule has 7 heteroatoms. The highest BCUT2D eigenvalue weighted by Gasteiger charge is 2.16. The van der Waals surface area contributed by atoms with Crippen LogP contribution in [0.2, 0.25) is 0 Å². The van der Waals surface area contributed by atoms with Crippen LogP contribution in [0, 0.1) is 0 Å².